The van der Waals surface area contributed by atoms with Gasteiger partial charge in [0.25, 0.3) is 0 Å². The van der Waals surface area contributed by atoms with Gasteiger partial charge in [0.2, 0.25) is 0 Å². The Morgan fingerprint density at radius 2 is 1.53 bits per heavy atom. The van der Waals surface area contributed by atoms with Crippen molar-refractivity contribution in [2.24, 2.45) is 5.41 Å². The summed E-state index contributed by atoms with van der Waals surface area (Å²) in [6.07, 6.45) is 1.14. The molecule has 0 fully saturated rings. The predicted octanol–water partition coefficient (Wildman–Crippen LogP) is 3.93. The molecule has 0 heterocycles. The second kappa shape index (κ2) is 6.92. The van der Waals surface area contributed by atoms with E-state index in [1.807, 2.05) is 12.1 Å². The monoisotopic (exact) mass is 267 g/mol. The van der Waals surface area contributed by atoms with Gasteiger partial charge in [0.1, 0.15) is 12.4 Å². The molecule has 4 N–H and O–H groups in total. The van der Waals surface area contributed by atoms with Crippen LogP contribution in [0, 0.1) is 5.41 Å². The van der Waals surface area contributed by atoms with Crippen LogP contribution in [-0.2, 0) is 5.41 Å². The fourth-order valence-corrected chi connectivity index (χ4v) is 2.59. The zero-order valence-corrected chi connectivity index (χ0v) is 13.0. The molecule has 0 aliphatic rings. The summed E-state index contributed by atoms with van der Waals surface area (Å²) < 4.78 is 5.37. The van der Waals surface area contributed by atoms with E-state index in [-0.39, 0.29) is 18.2 Å². The largest absolute Gasteiger partial charge is 0.491 e. The van der Waals surface area contributed by atoms with Crippen LogP contribution in [0.4, 0.5) is 0 Å². The molecule has 0 amide bonds. The van der Waals surface area contributed by atoms with E-state index in [4.69, 9.17) is 9.84 Å². The van der Waals surface area contributed by atoms with Crippen molar-refractivity contribution in [2.45, 2.75) is 46.5 Å². The lowest BCUT2D eigenvalue weighted by atomic mass is 9.72. The van der Waals surface area contributed by atoms with E-state index in [1.54, 1.807) is 0 Å². The van der Waals surface area contributed by atoms with E-state index in [0.29, 0.717) is 12.0 Å². The number of benzene rings is 1. The van der Waals surface area contributed by atoms with Crippen LogP contribution in [0.2, 0.25) is 0 Å². The molecule has 1 rings (SSSR count). The molecule has 3 nitrogen and oxygen atoms in total. The minimum absolute atomic E-state index is 0. The summed E-state index contributed by atoms with van der Waals surface area (Å²) in [5.41, 5.74) is 1.80. The highest BCUT2D eigenvalue weighted by Crippen LogP contribution is 2.36. The van der Waals surface area contributed by atoms with Gasteiger partial charge in [0, 0.05) is 0 Å². The van der Waals surface area contributed by atoms with Gasteiger partial charge in [-0.15, -0.1) is 0 Å². The summed E-state index contributed by atoms with van der Waals surface area (Å²) in [4.78, 5) is 0. The first-order valence-electron chi connectivity index (χ1n) is 6.59. The van der Waals surface area contributed by atoms with Crippen molar-refractivity contribution in [1.82, 2.24) is 6.15 Å². The first-order chi connectivity index (χ1) is 8.24. The SMILES string of the molecule is CC(C)(C)CC(C)(C)c1ccc(OCCO)cc1.N. The minimum Gasteiger partial charge on any atom is -0.491 e. The van der Waals surface area contributed by atoms with Crippen LogP contribution in [-0.4, -0.2) is 18.3 Å². The van der Waals surface area contributed by atoms with E-state index in [1.165, 1.54) is 5.56 Å². The van der Waals surface area contributed by atoms with Crippen molar-refractivity contribution in [1.29, 1.82) is 0 Å². The topological polar surface area (TPSA) is 64.5 Å². The molecule has 1 aromatic carbocycles. The normalized spacial score (nSPS) is 11.9. The molecular weight excluding hydrogens is 238 g/mol. The van der Waals surface area contributed by atoms with E-state index < -0.39 is 0 Å². The van der Waals surface area contributed by atoms with Crippen molar-refractivity contribution in [3.63, 3.8) is 0 Å². The van der Waals surface area contributed by atoms with Crippen LogP contribution < -0.4 is 10.9 Å². The fourth-order valence-electron chi connectivity index (χ4n) is 2.59. The smallest absolute Gasteiger partial charge is 0.119 e. The van der Waals surface area contributed by atoms with Crippen LogP contribution in [0.25, 0.3) is 0 Å². The van der Waals surface area contributed by atoms with Crippen molar-refractivity contribution >= 4 is 0 Å². The number of aliphatic hydroxyl groups excluding tert-OH is 1. The first kappa shape index (κ1) is 17.9. The first-order valence-corrected chi connectivity index (χ1v) is 6.59. The summed E-state index contributed by atoms with van der Waals surface area (Å²) >= 11 is 0. The molecule has 0 aromatic heterocycles. The lowest BCUT2D eigenvalue weighted by Gasteiger charge is -2.33. The Kier molecular flexibility index (Phi) is 6.53. The average Bonchev–Trinajstić information content (AvgIpc) is 2.23. The highest BCUT2D eigenvalue weighted by molar-refractivity contribution is 5.31. The fraction of sp³-hybridized carbons (Fsp3) is 0.625. The van der Waals surface area contributed by atoms with Crippen molar-refractivity contribution in [2.75, 3.05) is 13.2 Å². The molecule has 0 spiro atoms. The summed E-state index contributed by atoms with van der Waals surface area (Å²) in [7, 11) is 0. The van der Waals surface area contributed by atoms with Gasteiger partial charge in [-0.3, -0.25) is 0 Å². The maximum atomic E-state index is 8.71. The van der Waals surface area contributed by atoms with Crippen LogP contribution in [0.3, 0.4) is 0 Å². The number of rotatable bonds is 5. The molecular formula is C16H29NO2. The zero-order valence-electron chi connectivity index (χ0n) is 13.0. The molecule has 0 aliphatic carbocycles. The lowest BCUT2D eigenvalue weighted by molar-refractivity contribution is 0.201. The maximum Gasteiger partial charge on any atom is 0.119 e. The molecule has 0 bridgehead atoms. The Bertz CT molecular complexity index is 363. The molecule has 110 valence electrons. The summed E-state index contributed by atoms with van der Waals surface area (Å²) in [5.74, 6) is 0.819. The van der Waals surface area contributed by atoms with Gasteiger partial charge >= 0.3 is 0 Å². The second-order valence-electron chi connectivity index (χ2n) is 6.72. The van der Waals surface area contributed by atoms with Crippen molar-refractivity contribution in [3.8, 4) is 5.75 Å². The Balaban J connectivity index is 0.00000324. The van der Waals surface area contributed by atoms with Gasteiger partial charge in [-0.1, -0.05) is 46.8 Å². The zero-order chi connectivity index (χ0) is 13.8. The van der Waals surface area contributed by atoms with E-state index in [0.717, 1.165) is 12.2 Å². The van der Waals surface area contributed by atoms with Crippen LogP contribution >= 0.6 is 0 Å². The highest BCUT2D eigenvalue weighted by atomic mass is 16.5. The molecule has 0 atom stereocenters. The molecule has 3 heteroatoms. The Morgan fingerprint density at radius 3 is 1.95 bits per heavy atom. The molecule has 0 saturated heterocycles. The van der Waals surface area contributed by atoms with E-state index >= 15 is 0 Å². The van der Waals surface area contributed by atoms with Gasteiger partial charge < -0.3 is 16.0 Å². The Hall–Kier alpha value is -1.06. The van der Waals surface area contributed by atoms with Crippen molar-refractivity contribution < 1.29 is 9.84 Å². The summed E-state index contributed by atoms with van der Waals surface area (Å²) in [5, 5.41) is 8.71. The number of aliphatic hydroxyl groups is 1. The van der Waals surface area contributed by atoms with E-state index in [9.17, 15) is 0 Å². The van der Waals surface area contributed by atoms with Crippen molar-refractivity contribution in [3.05, 3.63) is 29.8 Å². The van der Waals surface area contributed by atoms with Gasteiger partial charge in [0.15, 0.2) is 0 Å². The van der Waals surface area contributed by atoms with Crippen LogP contribution in [0.15, 0.2) is 24.3 Å². The van der Waals surface area contributed by atoms with Gasteiger partial charge in [-0.2, -0.15) is 0 Å². The highest BCUT2D eigenvalue weighted by Gasteiger charge is 2.27. The third kappa shape index (κ3) is 6.08. The predicted molar refractivity (Wildman–Crippen MR) is 81.1 cm³/mol. The Morgan fingerprint density at radius 1 is 1.00 bits per heavy atom. The summed E-state index contributed by atoms with van der Waals surface area (Å²) in [6, 6.07) is 8.21. The van der Waals surface area contributed by atoms with Crippen LogP contribution in [0.1, 0.15) is 46.6 Å². The maximum absolute atomic E-state index is 8.71. The minimum atomic E-state index is 0. The molecule has 0 aliphatic heterocycles. The van der Waals surface area contributed by atoms with Gasteiger partial charge in [-0.05, 0) is 34.9 Å². The van der Waals surface area contributed by atoms with Gasteiger partial charge in [-0.25, -0.2) is 0 Å². The second-order valence-corrected chi connectivity index (χ2v) is 6.72. The van der Waals surface area contributed by atoms with Crippen LogP contribution in [0.5, 0.6) is 5.75 Å². The number of hydrogen-bond donors (Lipinski definition) is 2. The number of ether oxygens (including phenoxy) is 1. The molecule has 0 unspecified atom stereocenters. The average molecular weight is 267 g/mol. The summed E-state index contributed by atoms with van der Waals surface area (Å²) in [6.45, 7) is 11.8. The third-order valence-corrected chi connectivity index (χ3v) is 2.97. The van der Waals surface area contributed by atoms with E-state index in [2.05, 4.69) is 46.8 Å². The quantitative estimate of drug-likeness (QED) is 0.849. The molecule has 0 saturated carbocycles. The molecule has 0 radical (unpaired) electrons. The number of hydrogen-bond acceptors (Lipinski definition) is 3. The standard InChI is InChI=1S/C16H26O2.H3N/c1-15(2,3)12-16(4,5)13-6-8-14(9-7-13)18-11-10-17;/h6-9,17H,10-12H2,1-5H3;1H3. The lowest BCUT2D eigenvalue weighted by Crippen LogP contribution is -2.24. The van der Waals surface area contributed by atoms with Gasteiger partial charge in [0.05, 0.1) is 6.61 Å². The Labute approximate surface area is 117 Å². The molecule has 1 aromatic rings. The third-order valence-electron chi connectivity index (χ3n) is 2.97. The molecule has 19 heavy (non-hydrogen) atoms.